The van der Waals surface area contributed by atoms with E-state index in [9.17, 15) is 18.0 Å². The fourth-order valence-electron chi connectivity index (χ4n) is 2.51. The Kier molecular flexibility index (Phi) is 4.32. The maximum Gasteiger partial charge on any atom is 0.417 e. The van der Waals surface area contributed by atoms with Gasteiger partial charge in [0.25, 0.3) is 5.91 Å². The summed E-state index contributed by atoms with van der Waals surface area (Å²) in [6, 6.07) is 4.35. The van der Waals surface area contributed by atoms with Gasteiger partial charge in [0, 0.05) is 12.1 Å². The fraction of sp³-hybridized carbons (Fsp3) is 0.500. The van der Waals surface area contributed by atoms with Crippen LogP contribution in [0.15, 0.2) is 24.3 Å². The van der Waals surface area contributed by atoms with Gasteiger partial charge in [-0.2, -0.15) is 13.2 Å². The van der Waals surface area contributed by atoms with Gasteiger partial charge in [0.1, 0.15) is 0 Å². The third kappa shape index (κ3) is 3.30. The number of carbonyl (C=O) groups is 1. The molecule has 0 radical (unpaired) electrons. The van der Waals surface area contributed by atoms with Gasteiger partial charge in [-0.1, -0.05) is 25.0 Å². The predicted octanol–water partition coefficient (Wildman–Crippen LogP) is 2.71. The number of alkyl halides is 3. The second-order valence-electron chi connectivity index (χ2n) is 5.07. The van der Waals surface area contributed by atoms with Gasteiger partial charge >= 0.3 is 6.18 Å². The summed E-state index contributed by atoms with van der Waals surface area (Å²) in [6.45, 7) is 0. The summed E-state index contributed by atoms with van der Waals surface area (Å²) in [5.74, 6) is -0.708. The molecule has 0 unspecified atom stereocenters. The summed E-state index contributed by atoms with van der Waals surface area (Å²) in [7, 11) is 0. The van der Waals surface area contributed by atoms with Crippen LogP contribution < -0.4 is 11.1 Å². The summed E-state index contributed by atoms with van der Waals surface area (Å²) >= 11 is 0. The average Bonchev–Trinajstić information content (AvgIpc) is 2.40. The molecular weight excluding hydrogens is 269 g/mol. The van der Waals surface area contributed by atoms with Gasteiger partial charge in [0.15, 0.2) is 0 Å². The van der Waals surface area contributed by atoms with Crippen LogP contribution in [0.1, 0.15) is 41.6 Å². The van der Waals surface area contributed by atoms with Gasteiger partial charge in [0.05, 0.1) is 11.1 Å². The van der Waals surface area contributed by atoms with E-state index in [1.54, 1.807) is 0 Å². The van der Waals surface area contributed by atoms with E-state index in [4.69, 9.17) is 5.73 Å². The molecule has 6 heteroatoms. The predicted molar refractivity (Wildman–Crippen MR) is 69.1 cm³/mol. The summed E-state index contributed by atoms with van der Waals surface area (Å²) in [5.41, 5.74) is 4.63. The second kappa shape index (κ2) is 5.83. The molecule has 1 saturated carbocycles. The van der Waals surface area contributed by atoms with Gasteiger partial charge in [0.2, 0.25) is 0 Å². The highest BCUT2D eigenvalue weighted by Gasteiger charge is 2.35. The molecule has 0 bridgehead atoms. The van der Waals surface area contributed by atoms with Crippen LogP contribution in [-0.4, -0.2) is 18.0 Å². The van der Waals surface area contributed by atoms with Crippen LogP contribution in [0.25, 0.3) is 0 Å². The fourth-order valence-corrected chi connectivity index (χ4v) is 2.51. The first-order valence-electron chi connectivity index (χ1n) is 6.62. The van der Waals surface area contributed by atoms with Crippen molar-refractivity contribution in [3.63, 3.8) is 0 Å². The Bertz CT molecular complexity index is 488. The molecule has 3 nitrogen and oxygen atoms in total. The van der Waals surface area contributed by atoms with Crippen molar-refractivity contribution < 1.29 is 18.0 Å². The Morgan fingerprint density at radius 3 is 2.50 bits per heavy atom. The smallest absolute Gasteiger partial charge is 0.348 e. The Hall–Kier alpha value is -1.56. The summed E-state index contributed by atoms with van der Waals surface area (Å²) in [6.07, 6.45) is -1.12. The average molecular weight is 286 g/mol. The zero-order valence-electron chi connectivity index (χ0n) is 10.9. The van der Waals surface area contributed by atoms with Crippen LogP contribution in [0, 0.1) is 0 Å². The Morgan fingerprint density at radius 2 is 1.85 bits per heavy atom. The first kappa shape index (κ1) is 14.8. The Labute approximate surface area is 115 Å². The highest BCUT2D eigenvalue weighted by atomic mass is 19.4. The van der Waals surface area contributed by atoms with Crippen molar-refractivity contribution in [3.8, 4) is 0 Å². The van der Waals surface area contributed by atoms with Crippen molar-refractivity contribution in [3.05, 3.63) is 35.4 Å². The summed E-state index contributed by atoms with van der Waals surface area (Å²) in [4.78, 5) is 12.1. The van der Waals surface area contributed by atoms with Gasteiger partial charge in [-0.3, -0.25) is 4.79 Å². The molecule has 20 heavy (non-hydrogen) atoms. The van der Waals surface area contributed by atoms with E-state index in [1.807, 2.05) is 0 Å². The van der Waals surface area contributed by atoms with Crippen molar-refractivity contribution in [2.75, 3.05) is 0 Å². The maximum absolute atomic E-state index is 12.9. The standard InChI is InChI=1S/C14H17F3N2O/c15-14(16,17)10-6-2-1-5-9(10)13(20)19-12-8-4-3-7-11(12)18/h1-2,5-6,11-12H,3-4,7-8,18H2,(H,19,20)/t11-,12-/m1/s1. The maximum atomic E-state index is 12.9. The van der Waals surface area contributed by atoms with E-state index in [2.05, 4.69) is 5.32 Å². The number of benzene rings is 1. The lowest BCUT2D eigenvalue weighted by Crippen LogP contribution is -2.49. The zero-order valence-corrected chi connectivity index (χ0v) is 10.9. The molecule has 0 spiro atoms. The van der Waals surface area contributed by atoms with Gasteiger partial charge in [-0.15, -0.1) is 0 Å². The molecular formula is C14H17F3N2O. The van der Waals surface area contributed by atoms with E-state index < -0.39 is 17.6 Å². The number of amides is 1. The Morgan fingerprint density at radius 1 is 1.20 bits per heavy atom. The largest absolute Gasteiger partial charge is 0.417 e. The number of halogens is 3. The molecule has 0 saturated heterocycles. The molecule has 110 valence electrons. The lowest BCUT2D eigenvalue weighted by Gasteiger charge is -2.29. The van der Waals surface area contributed by atoms with E-state index in [1.165, 1.54) is 18.2 Å². The minimum Gasteiger partial charge on any atom is -0.348 e. The van der Waals surface area contributed by atoms with E-state index in [0.29, 0.717) is 6.42 Å². The second-order valence-corrected chi connectivity index (χ2v) is 5.07. The summed E-state index contributed by atoms with van der Waals surface area (Å²) in [5, 5.41) is 2.63. The molecule has 1 amide bonds. The van der Waals surface area contributed by atoms with Crippen molar-refractivity contribution in [1.29, 1.82) is 0 Å². The minimum atomic E-state index is -4.54. The molecule has 0 heterocycles. The number of hydrogen-bond donors (Lipinski definition) is 2. The first-order chi connectivity index (χ1) is 9.39. The van der Waals surface area contributed by atoms with Gasteiger partial charge in [-0.25, -0.2) is 0 Å². The van der Waals surface area contributed by atoms with Crippen LogP contribution in [0.3, 0.4) is 0 Å². The molecule has 1 aromatic rings. The quantitative estimate of drug-likeness (QED) is 0.878. The zero-order chi connectivity index (χ0) is 14.8. The van der Waals surface area contributed by atoms with Crippen molar-refractivity contribution in [1.82, 2.24) is 5.32 Å². The first-order valence-corrected chi connectivity index (χ1v) is 6.62. The third-order valence-electron chi connectivity index (χ3n) is 3.61. The van der Waals surface area contributed by atoms with Crippen molar-refractivity contribution >= 4 is 5.91 Å². The van der Waals surface area contributed by atoms with Crippen molar-refractivity contribution in [2.45, 2.75) is 43.9 Å². The van der Waals surface area contributed by atoms with E-state index in [0.717, 1.165) is 25.3 Å². The van der Waals surface area contributed by atoms with Crippen LogP contribution in [0.2, 0.25) is 0 Å². The topological polar surface area (TPSA) is 55.1 Å². The Balaban J connectivity index is 2.17. The molecule has 3 N–H and O–H groups in total. The number of hydrogen-bond acceptors (Lipinski definition) is 2. The van der Waals surface area contributed by atoms with Crippen LogP contribution in [-0.2, 0) is 6.18 Å². The van der Waals surface area contributed by atoms with E-state index in [-0.39, 0.29) is 17.6 Å². The molecule has 1 aliphatic carbocycles. The number of carbonyl (C=O) groups excluding carboxylic acids is 1. The van der Waals surface area contributed by atoms with Crippen LogP contribution >= 0.6 is 0 Å². The summed E-state index contributed by atoms with van der Waals surface area (Å²) < 4.78 is 38.6. The van der Waals surface area contributed by atoms with Gasteiger partial charge in [-0.05, 0) is 25.0 Å². The lowest BCUT2D eigenvalue weighted by molar-refractivity contribution is -0.137. The van der Waals surface area contributed by atoms with Crippen LogP contribution in [0.4, 0.5) is 13.2 Å². The van der Waals surface area contributed by atoms with Gasteiger partial charge < -0.3 is 11.1 Å². The highest BCUT2D eigenvalue weighted by molar-refractivity contribution is 5.96. The monoisotopic (exact) mass is 286 g/mol. The lowest BCUT2D eigenvalue weighted by atomic mass is 9.90. The number of nitrogens with two attached hydrogens (primary N) is 1. The number of nitrogens with one attached hydrogen (secondary N) is 1. The van der Waals surface area contributed by atoms with E-state index >= 15 is 0 Å². The SMILES string of the molecule is N[C@@H]1CCCC[C@H]1NC(=O)c1ccccc1C(F)(F)F. The third-order valence-corrected chi connectivity index (χ3v) is 3.61. The number of rotatable bonds is 2. The molecule has 0 aliphatic heterocycles. The minimum absolute atomic E-state index is 0.189. The van der Waals surface area contributed by atoms with Crippen LogP contribution in [0.5, 0.6) is 0 Å². The molecule has 2 atom stereocenters. The molecule has 1 aliphatic rings. The molecule has 2 rings (SSSR count). The van der Waals surface area contributed by atoms with Crippen molar-refractivity contribution in [2.24, 2.45) is 5.73 Å². The molecule has 1 aromatic carbocycles. The molecule has 1 fully saturated rings. The molecule has 0 aromatic heterocycles. The normalized spacial score (nSPS) is 23.4. The highest BCUT2D eigenvalue weighted by Crippen LogP contribution is 2.32.